The Morgan fingerprint density at radius 1 is 1.32 bits per heavy atom. The van der Waals surface area contributed by atoms with Gasteiger partial charge in [-0.3, -0.25) is 4.79 Å². The molecule has 0 saturated heterocycles. The second-order valence-electron chi connectivity index (χ2n) is 5.13. The van der Waals surface area contributed by atoms with Crippen LogP contribution in [0.1, 0.15) is 25.8 Å². The Hall–Kier alpha value is -1.40. The number of carbonyl (C=O) groups excluding carboxylic acids is 1. The van der Waals surface area contributed by atoms with Crippen LogP contribution in [-0.4, -0.2) is 30.5 Å². The molecule has 1 aromatic rings. The molecule has 0 radical (unpaired) electrons. The van der Waals surface area contributed by atoms with Crippen LogP contribution in [0.4, 0.5) is 8.78 Å². The first kappa shape index (κ1) is 20.6. The van der Waals surface area contributed by atoms with Crippen molar-refractivity contribution in [3.8, 4) is 5.75 Å². The molecule has 0 bridgehead atoms. The maximum Gasteiger partial charge on any atom is 0.387 e. The van der Waals surface area contributed by atoms with Crippen molar-refractivity contribution in [2.45, 2.75) is 39.5 Å². The van der Waals surface area contributed by atoms with Gasteiger partial charge in [-0.15, -0.1) is 12.4 Å². The van der Waals surface area contributed by atoms with E-state index < -0.39 is 12.7 Å². The summed E-state index contributed by atoms with van der Waals surface area (Å²) in [7, 11) is 1.67. The number of hydrogen-bond acceptors (Lipinski definition) is 3. The average molecular weight is 337 g/mol. The molecule has 22 heavy (non-hydrogen) atoms. The molecule has 0 fully saturated rings. The van der Waals surface area contributed by atoms with Gasteiger partial charge in [0.1, 0.15) is 5.75 Å². The number of carbonyl (C=O) groups is 1. The van der Waals surface area contributed by atoms with E-state index in [0.717, 1.165) is 12.0 Å². The van der Waals surface area contributed by atoms with Gasteiger partial charge in [0.2, 0.25) is 5.91 Å². The molecule has 2 unspecified atom stereocenters. The highest BCUT2D eigenvalue weighted by atomic mass is 35.5. The van der Waals surface area contributed by atoms with Crippen LogP contribution in [0.25, 0.3) is 0 Å². The monoisotopic (exact) mass is 336 g/mol. The number of hydrogen-bond donors (Lipinski definition) is 1. The summed E-state index contributed by atoms with van der Waals surface area (Å²) in [5.74, 6) is 0.0815. The van der Waals surface area contributed by atoms with E-state index in [4.69, 9.17) is 5.73 Å². The summed E-state index contributed by atoms with van der Waals surface area (Å²) in [5, 5.41) is 0. The minimum atomic E-state index is -2.84. The number of benzene rings is 1. The smallest absolute Gasteiger partial charge is 0.387 e. The molecule has 0 aliphatic heterocycles. The molecule has 0 spiro atoms. The zero-order valence-electron chi connectivity index (χ0n) is 13.0. The van der Waals surface area contributed by atoms with Crippen LogP contribution in [0.3, 0.4) is 0 Å². The zero-order valence-corrected chi connectivity index (χ0v) is 13.8. The van der Waals surface area contributed by atoms with Crippen molar-refractivity contribution < 1.29 is 18.3 Å². The zero-order chi connectivity index (χ0) is 16.0. The number of ether oxygens (including phenoxy) is 1. The molecule has 2 atom stereocenters. The van der Waals surface area contributed by atoms with Crippen LogP contribution in [0.2, 0.25) is 0 Å². The van der Waals surface area contributed by atoms with E-state index in [-0.39, 0.29) is 30.0 Å². The Balaban J connectivity index is 0.00000441. The fraction of sp³-hybridized carbons (Fsp3) is 0.533. The second-order valence-corrected chi connectivity index (χ2v) is 5.13. The first-order valence-electron chi connectivity index (χ1n) is 6.89. The Labute approximate surface area is 136 Å². The van der Waals surface area contributed by atoms with Crippen molar-refractivity contribution in [1.29, 1.82) is 0 Å². The van der Waals surface area contributed by atoms with Gasteiger partial charge in [-0.2, -0.15) is 8.78 Å². The van der Waals surface area contributed by atoms with Gasteiger partial charge in [0, 0.05) is 13.6 Å². The summed E-state index contributed by atoms with van der Waals surface area (Å²) in [4.78, 5) is 13.7. The van der Waals surface area contributed by atoms with Gasteiger partial charge in [-0.1, -0.05) is 32.4 Å². The lowest BCUT2D eigenvalue weighted by Crippen LogP contribution is -2.45. The number of likely N-dealkylation sites (N-methyl/N-ethyl adjacent to an activating group) is 1. The highest BCUT2D eigenvalue weighted by Gasteiger charge is 2.22. The predicted octanol–water partition coefficient (Wildman–Crippen LogP) is 3.04. The molecule has 0 aliphatic carbocycles. The van der Waals surface area contributed by atoms with Crippen molar-refractivity contribution in [2.24, 2.45) is 11.7 Å². The van der Waals surface area contributed by atoms with Crippen molar-refractivity contribution in [3.63, 3.8) is 0 Å². The van der Waals surface area contributed by atoms with E-state index in [1.165, 1.54) is 12.1 Å². The number of amides is 1. The van der Waals surface area contributed by atoms with Gasteiger partial charge in [0.05, 0.1) is 6.04 Å². The number of halogens is 3. The summed E-state index contributed by atoms with van der Waals surface area (Å²) >= 11 is 0. The third kappa shape index (κ3) is 6.15. The number of rotatable bonds is 7. The van der Waals surface area contributed by atoms with Crippen LogP contribution in [0, 0.1) is 5.92 Å². The molecule has 1 rings (SSSR count). The molecule has 1 aromatic carbocycles. The van der Waals surface area contributed by atoms with Crippen LogP contribution < -0.4 is 10.5 Å². The minimum Gasteiger partial charge on any atom is -0.435 e. The fourth-order valence-electron chi connectivity index (χ4n) is 1.88. The molecule has 2 N–H and O–H groups in total. The highest BCUT2D eigenvalue weighted by molar-refractivity contribution is 5.85. The number of nitrogens with two attached hydrogens (primary N) is 1. The van der Waals surface area contributed by atoms with Crippen LogP contribution in [0.5, 0.6) is 5.75 Å². The molecule has 7 heteroatoms. The quantitative estimate of drug-likeness (QED) is 0.832. The third-order valence-corrected chi connectivity index (χ3v) is 3.49. The molecule has 126 valence electrons. The van der Waals surface area contributed by atoms with E-state index >= 15 is 0 Å². The minimum absolute atomic E-state index is 0. The van der Waals surface area contributed by atoms with E-state index in [9.17, 15) is 13.6 Å². The molecule has 0 aliphatic rings. The molecule has 0 heterocycles. The van der Waals surface area contributed by atoms with Gasteiger partial charge >= 0.3 is 6.61 Å². The molecular formula is C15H23ClF2N2O2. The summed E-state index contributed by atoms with van der Waals surface area (Å²) in [6.07, 6.45) is 0.834. The average Bonchev–Trinajstić information content (AvgIpc) is 2.46. The van der Waals surface area contributed by atoms with Crippen molar-refractivity contribution in [1.82, 2.24) is 4.90 Å². The van der Waals surface area contributed by atoms with Gasteiger partial charge in [0.25, 0.3) is 0 Å². The van der Waals surface area contributed by atoms with Crippen molar-refractivity contribution in [3.05, 3.63) is 29.8 Å². The predicted molar refractivity (Wildman–Crippen MR) is 84.2 cm³/mol. The van der Waals surface area contributed by atoms with E-state index in [0.29, 0.717) is 6.54 Å². The summed E-state index contributed by atoms with van der Waals surface area (Å²) < 4.78 is 28.4. The maximum atomic E-state index is 12.1. The summed E-state index contributed by atoms with van der Waals surface area (Å²) in [6.45, 7) is 1.46. The van der Waals surface area contributed by atoms with Gasteiger partial charge in [-0.05, 0) is 23.6 Å². The molecule has 0 saturated carbocycles. The van der Waals surface area contributed by atoms with E-state index in [1.54, 1.807) is 24.1 Å². The Kier molecular flexibility index (Phi) is 8.97. The van der Waals surface area contributed by atoms with E-state index in [2.05, 4.69) is 4.74 Å². The fourth-order valence-corrected chi connectivity index (χ4v) is 1.88. The van der Waals surface area contributed by atoms with Gasteiger partial charge in [0.15, 0.2) is 0 Å². The van der Waals surface area contributed by atoms with Crippen molar-refractivity contribution in [2.75, 3.05) is 7.05 Å². The topological polar surface area (TPSA) is 55.6 Å². The second kappa shape index (κ2) is 9.58. The Bertz CT molecular complexity index is 457. The van der Waals surface area contributed by atoms with Crippen LogP contribution in [0.15, 0.2) is 24.3 Å². The lowest BCUT2D eigenvalue weighted by Gasteiger charge is -2.24. The summed E-state index contributed by atoms with van der Waals surface area (Å²) in [6, 6.07) is 5.68. The van der Waals surface area contributed by atoms with Crippen LogP contribution >= 0.6 is 12.4 Å². The molecular weight excluding hydrogens is 314 g/mol. The lowest BCUT2D eigenvalue weighted by molar-refractivity contribution is -0.132. The first-order valence-corrected chi connectivity index (χ1v) is 6.89. The third-order valence-electron chi connectivity index (χ3n) is 3.49. The molecule has 1 amide bonds. The first-order chi connectivity index (χ1) is 9.85. The summed E-state index contributed by atoms with van der Waals surface area (Å²) in [5.41, 5.74) is 6.73. The standard InChI is InChI=1S/C15H22F2N2O2.ClH/c1-4-10(2)13(18)14(20)19(3)9-11-5-7-12(8-6-11)21-15(16)17;/h5-8,10,13,15H,4,9,18H2,1-3H3;1H. The Morgan fingerprint density at radius 2 is 1.86 bits per heavy atom. The number of nitrogens with zero attached hydrogens (tertiary/aromatic N) is 1. The van der Waals surface area contributed by atoms with Crippen LogP contribution in [-0.2, 0) is 11.3 Å². The number of alkyl halides is 2. The normalized spacial score (nSPS) is 13.2. The molecule has 4 nitrogen and oxygen atoms in total. The Morgan fingerprint density at radius 3 is 2.32 bits per heavy atom. The maximum absolute atomic E-state index is 12.1. The molecule has 0 aromatic heterocycles. The lowest BCUT2D eigenvalue weighted by atomic mass is 9.99. The highest BCUT2D eigenvalue weighted by Crippen LogP contribution is 2.16. The van der Waals surface area contributed by atoms with Gasteiger partial charge in [-0.25, -0.2) is 0 Å². The largest absolute Gasteiger partial charge is 0.435 e. The van der Waals surface area contributed by atoms with Gasteiger partial charge < -0.3 is 15.4 Å². The SMILES string of the molecule is CCC(C)C(N)C(=O)N(C)Cc1ccc(OC(F)F)cc1.Cl. The van der Waals surface area contributed by atoms with E-state index in [1.807, 2.05) is 13.8 Å². The van der Waals surface area contributed by atoms with Crippen molar-refractivity contribution >= 4 is 18.3 Å².